The molecule has 0 radical (unpaired) electrons. The van der Waals surface area contributed by atoms with E-state index in [1.54, 1.807) is 12.1 Å². The molecule has 1 heterocycles. The molecule has 2 aromatic rings. The molecule has 41 heavy (non-hydrogen) atoms. The number of ether oxygens (including phenoxy) is 2. The van der Waals surface area contributed by atoms with Gasteiger partial charge < -0.3 is 18.8 Å². The van der Waals surface area contributed by atoms with E-state index in [4.69, 9.17) is 18.8 Å². The molecule has 1 fully saturated rings. The Morgan fingerprint density at radius 2 is 1.24 bits per heavy atom. The Balaban J connectivity index is 0.000000226. The number of methoxy groups -OCH3 is 2. The number of hydrogen-bond donors (Lipinski definition) is 0. The second-order valence-electron chi connectivity index (χ2n) is 13.8. The molecule has 222 valence electrons. The zero-order chi connectivity index (χ0) is 31.0. The molecular formula is C34H47BO6. The molecule has 0 bridgehead atoms. The maximum atomic E-state index is 11.6. The third-order valence-corrected chi connectivity index (χ3v) is 8.36. The van der Waals surface area contributed by atoms with Crippen molar-refractivity contribution in [1.29, 1.82) is 0 Å². The van der Waals surface area contributed by atoms with Gasteiger partial charge in [0, 0.05) is 0 Å². The van der Waals surface area contributed by atoms with Crippen molar-refractivity contribution in [3.8, 4) is 0 Å². The number of carbonyl (C=O) groups is 2. The van der Waals surface area contributed by atoms with Gasteiger partial charge in [-0.15, -0.1) is 0 Å². The van der Waals surface area contributed by atoms with Crippen LogP contribution in [0.1, 0.15) is 106 Å². The standard InChI is InChI=1S/C19H26O2.C15H21BO4/c1-13-9-14(17(20)21-6)7-8-16(13)15-10-18(2,3)12-19(4,5)11-15;1-10-9-11(13(17)18-6)7-8-12(10)16-19-14(2,3)15(4,5)20-16/h7-10H,11-12H2,1-6H3;7-9H,1-6H3. The van der Waals surface area contributed by atoms with E-state index in [9.17, 15) is 9.59 Å². The van der Waals surface area contributed by atoms with Crippen molar-refractivity contribution in [3.05, 3.63) is 70.3 Å². The van der Waals surface area contributed by atoms with Crippen LogP contribution in [-0.2, 0) is 18.8 Å². The first-order valence-corrected chi connectivity index (χ1v) is 14.3. The van der Waals surface area contributed by atoms with E-state index in [0.717, 1.165) is 23.0 Å². The van der Waals surface area contributed by atoms with Crippen LogP contribution >= 0.6 is 0 Å². The topological polar surface area (TPSA) is 71.1 Å². The summed E-state index contributed by atoms with van der Waals surface area (Å²) in [5.41, 5.74) is 6.61. The molecule has 0 unspecified atom stereocenters. The summed E-state index contributed by atoms with van der Waals surface area (Å²) in [6.45, 7) is 21.3. The average Bonchev–Trinajstić information content (AvgIpc) is 3.07. The molecule has 0 N–H and O–H groups in total. The predicted octanol–water partition coefficient (Wildman–Crippen LogP) is 7.09. The third-order valence-electron chi connectivity index (χ3n) is 8.36. The molecule has 0 amide bonds. The van der Waals surface area contributed by atoms with Crippen LogP contribution in [0, 0.1) is 24.7 Å². The van der Waals surface area contributed by atoms with E-state index < -0.39 is 7.12 Å². The molecule has 0 aromatic heterocycles. The van der Waals surface area contributed by atoms with Crippen LogP contribution < -0.4 is 5.46 Å². The normalized spacial score (nSPS) is 19.9. The summed E-state index contributed by atoms with van der Waals surface area (Å²) in [7, 11) is 2.38. The lowest BCUT2D eigenvalue weighted by Crippen LogP contribution is -2.41. The number of hydrogen-bond acceptors (Lipinski definition) is 6. The monoisotopic (exact) mass is 562 g/mol. The average molecular weight is 563 g/mol. The van der Waals surface area contributed by atoms with Gasteiger partial charge in [-0.25, -0.2) is 9.59 Å². The molecule has 1 aliphatic heterocycles. The van der Waals surface area contributed by atoms with Crippen LogP contribution in [0.5, 0.6) is 0 Å². The van der Waals surface area contributed by atoms with Crippen molar-refractivity contribution < 1.29 is 28.4 Å². The van der Waals surface area contributed by atoms with Crippen LogP contribution in [-0.4, -0.2) is 44.5 Å². The number of esters is 2. The smallest absolute Gasteiger partial charge is 0.465 e. The first kappa shape index (κ1) is 32.6. The molecule has 2 aromatic carbocycles. The number of allylic oxidation sites excluding steroid dienone is 2. The van der Waals surface area contributed by atoms with Crippen molar-refractivity contribution in [2.45, 2.75) is 93.3 Å². The van der Waals surface area contributed by atoms with Crippen molar-refractivity contribution in [3.63, 3.8) is 0 Å². The van der Waals surface area contributed by atoms with Gasteiger partial charge in [0.05, 0.1) is 36.5 Å². The first-order chi connectivity index (χ1) is 18.8. The molecule has 7 heteroatoms. The Morgan fingerprint density at radius 1 is 0.756 bits per heavy atom. The van der Waals surface area contributed by atoms with E-state index >= 15 is 0 Å². The third kappa shape index (κ3) is 7.50. The highest BCUT2D eigenvalue weighted by Crippen LogP contribution is 2.47. The molecule has 1 aliphatic carbocycles. The summed E-state index contributed by atoms with van der Waals surface area (Å²) < 4.78 is 21.5. The number of aryl methyl sites for hydroxylation is 2. The van der Waals surface area contributed by atoms with Gasteiger partial charge >= 0.3 is 19.1 Å². The summed E-state index contributed by atoms with van der Waals surface area (Å²) in [5, 5.41) is 0. The van der Waals surface area contributed by atoms with Crippen LogP contribution in [0.15, 0.2) is 42.5 Å². The molecule has 1 saturated heterocycles. The summed E-state index contributed by atoms with van der Waals surface area (Å²) >= 11 is 0. The molecule has 4 rings (SSSR count). The number of carbonyl (C=O) groups excluding carboxylic acids is 2. The summed E-state index contributed by atoms with van der Waals surface area (Å²) in [4.78, 5) is 23.1. The summed E-state index contributed by atoms with van der Waals surface area (Å²) in [6.07, 6.45) is 4.68. The van der Waals surface area contributed by atoms with Gasteiger partial charge in [0.25, 0.3) is 0 Å². The molecule has 6 nitrogen and oxygen atoms in total. The van der Waals surface area contributed by atoms with Gasteiger partial charge in [-0.05, 0) is 112 Å². The first-order valence-electron chi connectivity index (χ1n) is 14.3. The Kier molecular flexibility index (Phi) is 9.36. The largest absolute Gasteiger partial charge is 0.495 e. The minimum absolute atomic E-state index is 0.213. The fourth-order valence-electron chi connectivity index (χ4n) is 5.98. The van der Waals surface area contributed by atoms with Gasteiger partial charge in [-0.3, -0.25) is 0 Å². The maximum absolute atomic E-state index is 11.6. The lowest BCUT2D eigenvalue weighted by molar-refractivity contribution is 0.00578. The summed E-state index contributed by atoms with van der Waals surface area (Å²) in [6, 6.07) is 11.3. The Labute approximate surface area is 246 Å². The predicted molar refractivity (Wildman–Crippen MR) is 166 cm³/mol. The second kappa shape index (κ2) is 11.8. The van der Waals surface area contributed by atoms with Gasteiger partial charge in [-0.1, -0.05) is 51.5 Å². The highest BCUT2D eigenvalue weighted by molar-refractivity contribution is 6.62. The van der Waals surface area contributed by atoms with Crippen molar-refractivity contribution >= 4 is 30.1 Å². The molecule has 0 atom stereocenters. The van der Waals surface area contributed by atoms with Crippen LogP contribution in [0.25, 0.3) is 5.57 Å². The van der Waals surface area contributed by atoms with Gasteiger partial charge in [0.1, 0.15) is 0 Å². The zero-order valence-corrected chi connectivity index (χ0v) is 27.0. The van der Waals surface area contributed by atoms with Crippen molar-refractivity contribution in [1.82, 2.24) is 0 Å². The van der Waals surface area contributed by atoms with Gasteiger partial charge in [0.15, 0.2) is 0 Å². The SMILES string of the molecule is COC(=O)c1ccc(B2OC(C)(C)C(C)(C)O2)c(C)c1.COC(=O)c1ccc(C2=CC(C)(C)CC(C)(C)C2)c(C)c1. The van der Waals surface area contributed by atoms with Crippen LogP contribution in [0.4, 0.5) is 0 Å². The van der Waals surface area contributed by atoms with Crippen molar-refractivity contribution in [2.75, 3.05) is 14.2 Å². The minimum atomic E-state index is -0.410. The maximum Gasteiger partial charge on any atom is 0.495 e. The van der Waals surface area contributed by atoms with Crippen LogP contribution in [0.3, 0.4) is 0 Å². The van der Waals surface area contributed by atoms with Gasteiger partial charge in [0.2, 0.25) is 0 Å². The summed E-state index contributed by atoms with van der Waals surface area (Å²) in [5.74, 6) is -0.614. The highest BCUT2D eigenvalue weighted by Gasteiger charge is 2.52. The van der Waals surface area contributed by atoms with E-state index in [1.165, 1.54) is 31.8 Å². The number of rotatable bonds is 4. The fourth-order valence-corrected chi connectivity index (χ4v) is 5.98. The molecule has 0 spiro atoms. The quantitative estimate of drug-likeness (QED) is 0.293. The van der Waals surface area contributed by atoms with Crippen LogP contribution in [0.2, 0.25) is 0 Å². The molecule has 2 aliphatic rings. The van der Waals surface area contributed by atoms with Crippen molar-refractivity contribution in [2.24, 2.45) is 10.8 Å². The Morgan fingerprint density at radius 3 is 1.68 bits per heavy atom. The van der Waals surface area contributed by atoms with E-state index in [1.807, 2.05) is 52.8 Å². The van der Waals surface area contributed by atoms with Gasteiger partial charge in [-0.2, -0.15) is 0 Å². The Bertz CT molecular complexity index is 1320. The zero-order valence-electron chi connectivity index (χ0n) is 27.0. The van der Waals surface area contributed by atoms with E-state index in [0.29, 0.717) is 16.5 Å². The highest BCUT2D eigenvalue weighted by atomic mass is 16.7. The molecule has 0 saturated carbocycles. The second-order valence-corrected chi connectivity index (χ2v) is 13.8. The lowest BCUT2D eigenvalue weighted by Gasteiger charge is -2.39. The fraction of sp³-hybridized carbons (Fsp3) is 0.529. The van der Waals surface area contributed by atoms with E-state index in [2.05, 4.69) is 46.8 Å². The number of benzene rings is 2. The van der Waals surface area contributed by atoms with E-state index in [-0.39, 0.29) is 28.6 Å². The Hall–Kier alpha value is -2.90. The lowest BCUT2D eigenvalue weighted by atomic mass is 9.65. The molecular weight excluding hydrogens is 515 g/mol. The minimum Gasteiger partial charge on any atom is -0.465 e.